The number of nitrogens with zero attached hydrogens (tertiary/aromatic N) is 1. The number of carbonyl (C=O) groups is 1. The van der Waals surface area contributed by atoms with Gasteiger partial charge in [0.15, 0.2) is 0 Å². The Morgan fingerprint density at radius 1 is 1.08 bits per heavy atom. The molecule has 0 aliphatic carbocycles. The van der Waals surface area contributed by atoms with E-state index in [0.29, 0.717) is 5.69 Å². The topological polar surface area (TPSA) is 66.5 Å². The van der Waals surface area contributed by atoms with Crippen molar-refractivity contribution >= 4 is 27.3 Å². The Balaban J connectivity index is 2.24. The number of anilines is 2. The minimum atomic E-state index is -3.56. The van der Waals surface area contributed by atoms with Crippen LogP contribution in [0.25, 0.3) is 0 Å². The van der Waals surface area contributed by atoms with E-state index in [9.17, 15) is 13.2 Å². The first kappa shape index (κ1) is 18.0. The molecule has 128 valence electrons. The monoisotopic (exact) mass is 346 g/mol. The highest BCUT2D eigenvalue weighted by molar-refractivity contribution is 7.92. The first-order valence-corrected chi connectivity index (χ1v) is 9.59. The van der Waals surface area contributed by atoms with Crippen LogP contribution in [0.1, 0.15) is 18.1 Å². The van der Waals surface area contributed by atoms with E-state index in [2.05, 4.69) is 5.32 Å². The lowest BCUT2D eigenvalue weighted by Crippen LogP contribution is -2.37. The number of hydrogen-bond acceptors (Lipinski definition) is 3. The average Bonchev–Trinajstić information content (AvgIpc) is 2.54. The van der Waals surface area contributed by atoms with Gasteiger partial charge in [-0.3, -0.25) is 9.10 Å². The van der Waals surface area contributed by atoms with Crippen molar-refractivity contribution in [3.8, 4) is 0 Å². The van der Waals surface area contributed by atoms with Gasteiger partial charge in [0.1, 0.15) is 6.54 Å². The zero-order valence-electron chi connectivity index (χ0n) is 14.1. The highest BCUT2D eigenvalue weighted by Gasteiger charge is 2.21. The van der Waals surface area contributed by atoms with Gasteiger partial charge < -0.3 is 5.32 Å². The van der Waals surface area contributed by atoms with Gasteiger partial charge in [0, 0.05) is 5.69 Å². The van der Waals surface area contributed by atoms with Crippen molar-refractivity contribution in [1.82, 2.24) is 0 Å². The molecule has 0 fully saturated rings. The molecule has 0 aliphatic heterocycles. The molecular formula is C18H22N2O3S. The molecular weight excluding hydrogens is 324 g/mol. The predicted molar refractivity (Wildman–Crippen MR) is 97.8 cm³/mol. The van der Waals surface area contributed by atoms with Crippen molar-refractivity contribution in [2.45, 2.75) is 20.3 Å². The Labute approximate surface area is 143 Å². The number of aryl methyl sites for hydroxylation is 2. The molecule has 24 heavy (non-hydrogen) atoms. The van der Waals surface area contributed by atoms with Crippen LogP contribution in [0.5, 0.6) is 0 Å². The summed E-state index contributed by atoms with van der Waals surface area (Å²) in [7, 11) is -3.56. The fourth-order valence-corrected chi connectivity index (χ4v) is 3.36. The summed E-state index contributed by atoms with van der Waals surface area (Å²) in [6.07, 6.45) is 1.88. The number of carbonyl (C=O) groups excluding carboxylic acids is 1. The second kappa shape index (κ2) is 7.49. The Bertz CT molecular complexity index is 817. The summed E-state index contributed by atoms with van der Waals surface area (Å²) in [4.78, 5) is 12.4. The van der Waals surface area contributed by atoms with Crippen molar-refractivity contribution in [1.29, 1.82) is 0 Å². The van der Waals surface area contributed by atoms with E-state index in [0.717, 1.165) is 33.8 Å². The van der Waals surface area contributed by atoms with Gasteiger partial charge in [0.25, 0.3) is 0 Å². The second-order valence-electron chi connectivity index (χ2n) is 5.62. The third-order valence-corrected chi connectivity index (χ3v) is 4.88. The normalized spacial score (nSPS) is 11.1. The van der Waals surface area contributed by atoms with E-state index in [4.69, 9.17) is 0 Å². The summed E-state index contributed by atoms with van der Waals surface area (Å²) < 4.78 is 25.2. The molecule has 0 atom stereocenters. The Kier molecular flexibility index (Phi) is 5.62. The maximum atomic E-state index is 12.4. The van der Waals surface area contributed by atoms with Crippen LogP contribution in [0.3, 0.4) is 0 Å². The van der Waals surface area contributed by atoms with Gasteiger partial charge in [0.2, 0.25) is 15.9 Å². The lowest BCUT2D eigenvalue weighted by atomic mass is 10.1. The van der Waals surface area contributed by atoms with Crippen LogP contribution >= 0.6 is 0 Å². The van der Waals surface area contributed by atoms with E-state index in [-0.39, 0.29) is 12.5 Å². The van der Waals surface area contributed by atoms with Gasteiger partial charge in [-0.2, -0.15) is 0 Å². The zero-order valence-corrected chi connectivity index (χ0v) is 14.9. The summed E-state index contributed by atoms with van der Waals surface area (Å²) in [5.41, 5.74) is 3.20. The fourth-order valence-electron chi connectivity index (χ4n) is 2.51. The lowest BCUT2D eigenvalue weighted by Gasteiger charge is -2.22. The Hall–Kier alpha value is -2.34. The van der Waals surface area contributed by atoms with E-state index >= 15 is 0 Å². The molecule has 5 nitrogen and oxygen atoms in total. The van der Waals surface area contributed by atoms with Crippen LogP contribution in [0.4, 0.5) is 11.4 Å². The fraction of sp³-hybridized carbons (Fsp3) is 0.278. The van der Waals surface area contributed by atoms with Gasteiger partial charge in [-0.25, -0.2) is 8.42 Å². The number of hydrogen-bond donors (Lipinski definition) is 1. The molecule has 0 spiro atoms. The van der Waals surface area contributed by atoms with Crippen LogP contribution in [-0.2, 0) is 21.2 Å². The number of para-hydroxylation sites is 2. The van der Waals surface area contributed by atoms with Crippen molar-refractivity contribution in [3.05, 3.63) is 59.7 Å². The molecule has 1 amide bonds. The number of amides is 1. The van der Waals surface area contributed by atoms with Gasteiger partial charge in [-0.1, -0.05) is 43.3 Å². The van der Waals surface area contributed by atoms with Crippen LogP contribution < -0.4 is 9.62 Å². The quantitative estimate of drug-likeness (QED) is 0.874. The number of nitrogens with one attached hydrogen (secondary N) is 1. The van der Waals surface area contributed by atoms with E-state index in [1.165, 1.54) is 0 Å². The molecule has 0 aliphatic rings. The molecule has 0 radical (unpaired) electrons. The summed E-state index contributed by atoms with van der Waals surface area (Å²) in [6, 6.07) is 14.4. The van der Waals surface area contributed by atoms with Gasteiger partial charge >= 0.3 is 0 Å². The number of rotatable bonds is 6. The molecule has 2 rings (SSSR count). The van der Waals surface area contributed by atoms with Crippen LogP contribution in [0.15, 0.2) is 48.5 Å². The van der Waals surface area contributed by atoms with Crippen LogP contribution in [0.2, 0.25) is 0 Å². The molecule has 0 bridgehead atoms. The molecule has 0 saturated heterocycles. The SMILES string of the molecule is CCc1cccc(C)c1NC(=O)CN(c1ccccc1)S(C)(=O)=O. The third kappa shape index (κ3) is 4.35. The van der Waals surface area contributed by atoms with Crippen molar-refractivity contribution in [3.63, 3.8) is 0 Å². The minimum Gasteiger partial charge on any atom is -0.324 e. The number of sulfonamides is 1. The summed E-state index contributed by atoms with van der Waals surface area (Å²) in [5.74, 6) is -0.367. The standard InChI is InChI=1S/C18H22N2O3S/c1-4-15-10-8-9-14(2)18(15)19-17(21)13-20(24(3,22)23)16-11-6-5-7-12-16/h5-12H,4,13H2,1-3H3,(H,19,21). The van der Waals surface area contributed by atoms with E-state index in [1.54, 1.807) is 30.3 Å². The maximum Gasteiger partial charge on any atom is 0.245 e. The maximum absolute atomic E-state index is 12.4. The van der Waals surface area contributed by atoms with Crippen molar-refractivity contribution in [2.75, 3.05) is 22.4 Å². The second-order valence-corrected chi connectivity index (χ2v) is 7.52. The van der Waals surface area contributed by atoms with Gasteiger partial charge in [-0.15, -0.1) is 0 Å². The largest absolute Gasteiger partial charge is 0.324 e. The molecule has 6 heteroatoms. The molecule has 0 heterocycles. The summed E-state index contributed by atoms with van der Waals surface area (Å²) in [6.45, 7) is 3.66. The zero-order chi connectivity index (χ0) is 17.7. The summed E-state index contributed by atoms with van der Waals surface area (Å²) >= 11 is 0. The highest BCUT2D eigenvalue weighted by Crippen LogP contribution is 2.22. The molecule has 2 aromatic carbocycles. The van der Waals surface area contributed by atoms with E-state index in [1.807, 2.05) is 32.0 Å². The molecule has 0 unspecified atom stereocenters. The Morgan fingerprint density at radius 2 is 1.75 bits per heavy atom. The summed E-state index contributed by atoms with van der Waals surface area (Å²) in [5, 5.41) is 2.86. The minimum absolute atomic E-state index is 0.264. The first-order valence-electron chi connectivity index (χ1n) is 7.74. The van der Waals surface area contributed by atoms with Gasteiger partial charge in [0.05, 0.1) is 11.9 Å². The first-order chi connectivity index (χ1) is 11.3. The van der Waals surface area contributed by atoms with E-state index < -0.39 is 10.0 Å². The number of benzene rings is 2. The van der Waals surface area contributed by atoms with Gasteiger partial charge in [-0.05, 0) is 36.6 Å². The van der Waals surface area contributed by atoms with Crippen LogP contribution in [0, 0.1) is 6.92 Å². The van der Waals surface area contributed by atoms with Crippen molar-refractivity contribution < 1.29 is 13.2 Å². The highest BCUT2D eigenvalue weighted by atomic mass is 32.2. The van der Waals surface area contributed by atoms with Crippen molar-refractivity contribution in [2.24, 2.45) is 0 Å². The molecule has 0 aromatic heterocycles. The van der Waals surface area contributed by atoms with Crippen LogP contribution in [-0.4, -0.2) is 27.1 Å². The Morgan fingerprint density at radius 3 is 2.33 bits per heavy atom. The molecule has 1 N–H and O–H groups in total. The lowest BCUT2D eigenvalue weighted by molar-refractivity contribution is -0.114. The third-order valence-electron chi connectivity index (χ3n) is 3.74. The molecule has 2 aromatic rings. The average molecular weight is 346 g/mol. The molecule has 0 saturated carbocycles. The predicted octanol–water partition coefficient (Wildman–Crippen LogP) is 2.96. The smallest absolute Gasteiger partial charge is 0.245 e.